The summed E-state index contributed by atoms with van der Waals surface area (Å²) in [6.45, 7) is 4.38. The van der Waals surface area contributed by atoms with E-state index >= 15 is 0 Å². The van der Waals surface area contributed by atoms with Crippen LogP contribution in [0.5, 0.6) is 0 Å². The number of thiazole rings is 1. The van der Waals surface area contributed by atoms with Crippen molar-refractivity contribution in [2.45, 2.75) is 25.9 Å². The van der Waals surface area contributed by atoms with E-state index in [-0.39, 0.29) is 5.91 Å². The Kier molecular flexibility index (Phi) is 8.12. The van der Waals surface area contributed by atoms with E-state index in [0.29, 0.717) is 17.4 Å². The molecule has 3 rings (SSSR count). The number of nitrogens with one attached hydrogen (secondary N) is 1. The molecule has 0 saturated heterocycles. The van der Waals surface area contributed by atoms with Gasteiger partial charge in [0.1, 0.15) is 11.6 Å². The Morgan fingerprint density at radius 3 is 2.63 bits per heavy atom. The van der Waals surface area contributed by atoms with Crippen molar-refractivity contribution in [3.05, 3.63) is 33.8 Å². The van der Waals surface area contributed by atoms with Crippen molar-refractivity contribution in [1.82, 2.24) is 9.97 Å². The molecule has 0 aliphatic carbocycles. The molecule has 0 fully saturated rings. The fourth-order valence-electron chi connectivity index (χ4n) is 2.52. The Balaban J connectivity index is 0.000000396. The average molecular weight is 446 g/mol. The summed E-state index contributed by atoms with van der Waals surface area (Å²) in [6, 6.07) is 3.72. The molecule has 1 aliphatic heterocycles. The number of hydrogen-bond acceptors (Lipinski definition) is 7. The highest BCUT2D eigenvalue weighted by Crippen LogP contribution is 2.31. The van der Waals surface area contributed by atoms with Gasteiger partial charge in [0.2, 0.25) is 0 Å². The molecule has 2 N–H and O–H groups in total. The maximum Gasteiger partial charge on any atom is 0.490 e. The monoisotopic (exact) mass is 446 g/mol. The molecule has 0 unspecified atom stereocenters. The Morgan fingerprint density at radius 2 is 2.07 bits per heavy atom. The van der Waals surface area contributed by atoms with Gasteiger partial charge in [0, 0.05) is 31.3 Å². The number of aryl methyl sites for hydroxylation is 2. The summed E-state index contributed by atoms with van der Waals surface area (Å²) in [7, 11) is 1.69. The number of anilines is 2. The number of carboxylic acid groups (broad SMARTS) is 1. The van der Waals surface area contributed by atoms with Gasteiger partial charge >= 0.3 is 12.1 Å². The highest BCUT2D eigenvalue weighted by Gasteiger charge is 2.38. The molecule has 0 saturated carbocycles. The number of alkyl halides is 3. The van der Waals surface area contributed by atoms with E-state index in [2.05, 4.69) is 20.2 Å². The van der Waals surface area contributed by atoms with Crippen LogP contribution in [0.1, 0.15) is 26.7 Å². The molecule has 164 valence electrons. The quantitative estimate of drug-likeness (QED) is 0.727. The van der Waals surface area contributed by atoms with E-state index in [4.69, 9.17) is 14.6 Å². The van der Waals surface area contributed by atoms with Crippen molar-refractivity contribution in [3.63, 3.8) is 0 Å². The Morgan fingerprint density at radius 1 is 1.37 bits per heavy atom. The Hall–Kier alpha value is -2.73. The molecule has 1 amide bonds. The lowest BCUT2D eigenvalue weighted by Gasteiger charge is -2.26. The SMILES string of the molecule is COCCN1CCCc2sc(C(=O)Nc3ccc(C)cn3)nc21.O=C(O)C(F)(F)F. The molecule has 0 radical (unpaired) electrons. The van der Waals surface area contributed by atoms with Crippen LogP contribution in [0.3, 0.4) is 0 Å². The minimum absolute atomic E-state index is 0.201. The van der Waals surface area contributed by atoms with Crippen LogP contribution in [-0.2, 0) is 16.0 Å². The number of carboxylic acids is 1. The van der Waals surface area contributed by atoms with Crippen LogP contribution < -0.4 is 10.2 Å². The van der Waals surface area contributed by atoms with Gasteiger partial charge in [-0.1, -0.05) is 6.07 Å². The molecule has 30 heavy (non-hydrogen) atoms. The van der Waals surface area contributed by atoms with Crippen LogP contribution >= 0.6 is 11.3 Å². The number of halogens is 3. The molecule has 3 heterocycles. The number of carbonyl (C=O) groups excluding carboxylic acids is 1. The van der Waals surface area contributed by atoms with Crippen LogP contribution in [0.2, 0.25) is 0 Å². The van der Waals surface area contributed by atoms with Gasteiger partial charge in [0.15, 0.2) is 5.01 Å². The molecular weight excluding hydrogens is 425 g/mol. The fraction of sp³-hybridized carbons (Fsp3) is 0.444. The number of methoxy groups -OCH3 is 1. The van der Waals surface area contributed by atoms with Gasteiger partial charge in [0.05, 0.1) is 6.61 Å². The number of hydrogen-bond donors (Lipinski definition) is 2. The van der Waals surface area contributed by atoms with E-state index in [0.717, 1.165) is 37.3 Å². The second-order valence-electron chi connectivity index (χ2n) is 6.33. The van der Waals surface area contributed by atoms with Crippen LogP contribution in [-0.4, -0.2) is 59.9 Å². The number of fused-ring (bicyclic) bond motifs is 1. The number of aromatic nitrogens is 2. The Labute approximate surface area is 174 Å². The highest BCUT2D eigenvalue weighted by atomic mass is 32.1. The number of amides is 1. The van der Waals surface area contributed by atoms with Crippen molar-refractivity contribution in [2.24, 2.45) is 0 Å². The van der Waals surface area contributed by atoms with E-state index < -0.39 is 12.1 Å². The number of aliphatic carboxylic acids is 1. The number of pyridine rings is 1. The van der Waals surface area contributed by atoms with Crippen LogP contribution in [0, 0.1) is 6.92 Å². The first-order valence-electron chi connectivity index (χ1n) is 8.89. The number of nitrogens with zero attached hydrogens (tertiary/aromatic N) is 3. The van der Waals surface area contributed by atoms with Crippen LogP contribution in [0.4, 0.5) is 24.8 Å². The zero-order chi connectivity index (χ0) is 22.3. The molecular formula is C18H21F3N4O4S. The lowest BCUT2D eigenvalue weighted by Crippen LogP contribution is -2.32. The molecule has 8 nitrogen and oxygen atoms in total. The van der Waals surface area contributed by atoms with E-state index in [1.54, 1.807) is 19.4 Å². The van der Waals surface area contributed by atoms with E-state index in [1.807, 2.05) is 13.0 Å². The lowest BCUT2D eigenvalue weighted by molar-refractivity contribution is -0.192. The fourth-order valence-corrected chi connectivity index (χ4v) is 3.54. The summed E-state index contributed by atoms with van der Waals surface area (Å²) in [5, 5.41) is 10.4. The standard InChI is InChI=1S/C16H20N4O2S.C2HF3O2/c1-11-5-6-13(17-10-11)18-15(21)16-19-14-12(23-16)4-3-7-20(14)8-9-22-2;3-2(4,5)1(6)7/h5-6,10H,3-4,7-9H2,1-2H3,(H,17,18,21);(H,6,7). The summed E-state index contributed by atoms with van der Waals surface area (Å²) < 4.78 is 36.9. The maximum absolute atomic E-state index is 12.4. The van der Waals surface area contributed by atoms with Crippen molar-refractivity contribution >= 4 is 34.8 Å². The normalized spacial score (nSPS) is 13.2. The van der Waals surface area contributed by atoms with Gasteiger partial charge in [-0.25, -0.2) is 14.8 Å². The molecule has 0 spiro atoms. The van der Waals surface area contributed by atoms with Gasteiger partial charge < -0.3 is 20.1 Å². The smallest absolute Gasteiger partial charge is 0.475 e. The van der Waals surface area contributed by atoms with Crippen molar-refractivity contribution < 1.29 is 32.6 Å². The van der Waals surface area contributed by atoms with Crippen LogP contribution in [0.15, 0.2) is 18.3 Å². The zero-order valence-corrected chi connectivity index (χ0v) is 17.1. The molecule has 1 aliphatic rings. The van der Waals surface area contributed by atoms with Crippen molar-refractivity contribution in [1.29, 1.82) is 0 Å². The third-order valence-corrected chi connectivity index (χ3v) is 5.07. The first-order chi connectivity index (χ1) is 14.1. The molecule has 0 bridgehead atoms. The largest absolute Gasteiger partial charge is 0.490 e. The predicted molar refractivity (Wildman–Crippen MR) is 105 cm³/mol. The number of ether oxygens (including phenoxy) is 1. The van der Waals surface area contributed by atoms with Crippen molar-refractivity contribution in [3.8, 4) is 0 Å². The number of carbonyl (C=O) groups is 2. The molecule has 0 aromatic carbocycles. The van der Waals surface area contributed by atoms with Crippen molar-refractivity contribution in [2.75, 3.05) is 37.0 Å². The first-order valence-corrected chi connectivity index (χ1v) is 9.71. The molecule has 0 atom stereocenters. The molecule has 2 aromatic rings. The third kappa shape index (κ3) is 6.66. The topological polar surface area (TPSA) is 105 Å². The van der Waals surface area contributed by atoms with Crippen LogP contribution in [0.25, 0.3) is 0 Å². The van der Waals surface area contributed by atoms with Gasteiger partial charge in [-0.2, -0.15) is 13.2 Å². The second-order valence-corrected chi connectivity index (χ2v) is 7.41. The zero-order valence-electron chi connectivity index (χ0n) is 16.3. The van der Waals surface area contributed by atoms with Gasteiger partial charge in [-0.3, -0.25) is 4.79 Å². The summed E-state index contributed by atoms with van der Waals surface area (Å²) >= 11 is 1.47. The van der Waals surface area contributed by atoms with Gasteiger partial charge in [-0.05, 0) is 31.4 Å². The second kappa shape index (κ2) is 10.3. The maximum atomic E-state index is 12.4. The minimum atomic E-state index is -5.08. The lowest BCUT2D eigenvalue weighted by atomic mass is 10.2. The van der Waals surface area contributed by atoms with Gasteiger partial charge in [0.25, 0.3) is 5.91 Å². The number of rotatable bonds is 5. The van der Waals surface area contributed by atoms with E-state index in [1.165, 1.54) is 16.2 Å². The Bertz CT molecular complexity index is 871. The van der Waals surface area contributed by atoms with E-state index in [9.17, 15) is 18.0 Å². The summed E-state index contributed by atoms with van der Waals surface area (Å²) in [6.07, 6.45) is -1.29. The summed E-state index contributed by atoms with van der Waals surface area (Å²) in [5.41, 5.74) is 1.06. The highest BCUT2D eigenvalue weighted by molar-refractivity contribution is 7.14. The van der Waals surface area contributed by atoms with Gasteiger partial charge in [-0.15, -0.1) is 11.3 Å². The predicted octanol–water partition coefficient (Wildman–Crippen LogP) is 3.13. The minimum Gasteiger partial charge on any atom is -0.475 e. The summed E-state index contributed by atoms with van der Waals surface area (Å²) in [4.78, 5) is 33.4. The summed E-state index contributed by atoms with van der Waals surface area (Å²) in [5.74, 6) is -1.48. The first kappa shape index (κ1) is 23.5. The average Bonchev–Trinajstić information content (AvgIpc) is 3.13. The molecule has 12 heteroatoms. The molecule has 2 aromatic heterocycles. The third-order valence-electron chi connectivity index (χ3n) is 3.96.